The number of piperazine rings is 1. The van der Waals surface area contributed by atoms with Crippen molar-refractivity contribution in [3.05, 3.63) is 29.8 Å². The van der Waals surface area contributed by atoms with Crippen LogP contribution in [0.25, 0.3) is 0 Å². The van der Waals surface area contributed by atoms with E-state index in [2.05, 4.69) is 10.3 Å². The molecule has 1 aromatic rings. The second-order valence-corrected chi connectivity index (χ2v) is 4.46. The normalized spacial score (nSPS) is 24.8. The number of halogens is 1. The summed E-state index contributed by atoms with van der Waals surface area (Å²) in [6.07, 6.45) is 2.51. The lowest BCUT2D eigenvalue weighted by molar-refractivity contribution is 0.0543. The number of amides is 1. The molecule has 0 aromatic carbocycles. The van der Waals surface area contributed by atoms with Crippen LogP contribution in [-0.2, 0) is 0 Å². The lowest BCUT2D eigenvalue weighted by Gasteiger charge is -2.39. The highest BCUT2D eigenvalue weighted by atomic mass is 19.1. The van der Waals surface area contributed by atoms with Crippen LogP contribution in [0.15, 0.2) is 18.5 Å². The van der Waals surface area contributed by atoms with Gasteiger partial charge < -0.3 is 10.2 Å². The summed E-state index contributed by atoms with van der Waals surface area (Å²) in [6.45, 7) is 5.48. The lowest BCUT2D eigenvalue weighted by atomic mass is 10.1. The molecule has 5 heteroatoms. The van der Waals surface area contributed by atoms with E-state index in [1.807, 2.05) is 13.8 Å². The average molecular weight is 237 g/mol. The molecule has 0 aliphatic carbocycles. The molecule has 17 heavy (non-hydrogen) atoms. The predicted molar refractivity (Wildman–Crippen MR) is 62.2 cm³/mol. The third kappa shape index (κ3) is 2.44. The summed E-state index contributed by atoms with van der Waals surface area (Å²) in [4.78, 5) is 17.8. The Hall–Kier alpha value is -1.49. The second-order valence-electron chi connectivity index (χ2n) is 4.46. The fraction of sp³-hybridized carbons (Fsp3) is 0.500. The first kappa shape index (κ1) is 12.0. The molecule has 1 amide bonds. The van der Waals surface area contributed by atoms with Gasteiger partial charge in [-0.3, -0.25) is 9.78 Å². The molecular formula is C12H16FN3O. The van der Waals surface area contributed by atoms with E-state index in [1.54, 1.807) is 4.90 Å². The summed E-state index contributed by atoms with van der Waals surface area (Å²) < 4.78 is 13.0. The van der Waals surface area contributed by atoms with Gasteiger partial charge in [0.1, 0.15) is 5.82 Å². The van der Waals surface area contributed by atoms with Gasteiger partial charge in [-0.15, -0.1) is 0 Å². The van der Waals surface area contributed by atoms with Gasteiger partial charge in [-0.2, -0.15) is 0 Å². The average Bonchev–Trinajstić information content (AvgIpc) is 2.28. The van der Waals surface area contributed by atoms with E-state index in [1.165, 1.54) is 12.3 Å². The van der Waals surface area contributed by atoms with Gasteiger partial charge in [0.2, 0.25) is 0 Å². The molecule has 1 fully saturated rings. The molecule has 2 unspecified atom stereocenters. The molecule has 1 aliphatic heterocycles. The maximum absolute atomic E-state index is 13.0. The molecule has 1 aromatic heterocycles. The maximum atomic E-state index is 13.0. The standard InChI is InChI=1S/C12H16FN3O/c1-8-4-14-5-9(2)16(8)12(17)10-3-11(13)7-15-6-10/h3,6-9,14H,4-5H2,1-2H3. The van der Waals surface area contributed by atoms with E-state index in [4.69, 9.17) is 0 Å². The Balaban J connectivity index is 2.24. The zero-order chi connectivity index (χ0) is 12.4. The van der Waals surface area contributed by atoms with Crippen molar-refractivity contribution < 1.29 is 9.18 Å². The highest BCUT2D eigenvalue weighted by Gasteiger charge is 2.29. The van der Waals surface area contributed by atoms with Gasteiger partial charge in [0, 0.05) is 31.4 Å². The van der Waals surface area contributed by atoms with E-state index in [9.17, 15) is 9.18 Å². The van der Waals surface area contributed by atoms with Crippen LogP contribution in [0.4, 0.5) is 4.39 Å². The van der Waals surface area contributed by atoms with Crippen molar-refractivity contribution in [2.45, 2.75) is 25.9 Å². The van der Waals surface area contributed by atoms with Crippen molar-refractivity contribution in [3.8, 4) is 0 Å². The van der Waals surface area contributed by atoms with Crippen LogP contribution in [0.5, 0.6) is 0 Å². The Morgan fingerprint density at radius 1 is 1.41 bits per heavy atom. The SMILES string of the molecule is CC1CNCC(C)N1C(=O)c1cncc(F)c1. The van der Waals surface area contributed by atoms with Crippen LogP contribution >= 0.6 is 0 Å². The summed E-state index contributed by atoms with van der Waals surface area (Å²) >= 11 is 0. The topological polar surface area (TPSA) is 45.2 Å². The van der Waals surface area contributed by atoms with Crippen molar-refractivity contribution in [3.63, 3.8) is 0 Å². The van der Waals surface area contributed by atoms with Crippen molar-refractivity contribution in [1.82, 2.24) is 15.2 Å². The van der Waals surface area contributed by atoms with Crippen LogP contribution in [0.1, 0.15) is 24.2 Å². The molecule has 2 atom stereocenters. The fourth-order valence-corrected chi connectivity index (χ4v) is 2.21. The molecule has 1 aliphatic rings. The smallest absolute Gasteiger partial charge is 0.256 e. The minimum absolute atomic E-state index is 0.106. The highest BCUT2D eigenvalue weighted by Crippen LogP contribution is 2.14. The minimum Gasteiger partial charge on any atom is -0.331 e. The predicted octanol–water partition coefficient (Wildman–Crippen LogP) is 1.04. The van der Waals surface area contributed by atoms with Crippen molar-refractivity contribution in [2.24, 2.45) is 0 Å². The molecule has 0 saturated carbocycles. The van der Waals surface area contributed by atoms with Crippen molar-refractivity contribution >= 4 is 5.91 Å². The van der Waals surface area contributed by atoms with E-state index in [-0.39, 0.29) is 18.0 Å². The Kier molecular flexibility index (Phi) is 3.38. The highest BCUT2D eigenvalue weighted by molar-refractivity contribution is 5.94. The largest absolute Gasteiger partial charge is 0.331 e. The number of nitrogens with one attached hydrogen (secondary N) is 1. The van der Waals surface area contributed by atoms with Gasteiger partial charge in [0.25, 0.3) is 5.91 Å². The molecule has 2 rings (SSSR count). The Morgan fingerprint density at radius 3 is 2.65 bits per heavy atom. The fourth-order valence-electron chi connectivity index (χ4n) is 2.21. The summed E-state index contributed by atoms with van der Waals surface area (Å²) in [5.74, 6) is -0.634. The summed E-state index contributed by atoms with van der Waals surface area (Å²) in [6, 6.07) is 1.45. The molecule has 2 heterocycles. The number of carbonyl (C=O) groups is 1. The number of hydrogen-bond acceptors (Lipinski definition) is 3. The first-order valence-corrected chi connectivity index (χ1v) is 5.73. The molecule has 0 spiro atoms. The Labute approximate surface area is 99.8 Å². The number of carbonyl (C=O) groups excluding carboxylic acids is 1. The molecule has 4 nitrogen and oxygen atoms in total. The molecule has 1 saturated heterocycles. The minimum atomic E-state index is -0.480. The van der Waals surface area contributed by atoms with Gasteiger partial charge >= 0.3 is 0 Å². The first-order valence-electron chi connectivity index (χ1n) is 5.73. The zero-order valence-electron chi connectivity index (χ0n) is 9.98. The quantitative estimate of drug-likeness (QED) is 0.794. The van der Waals surface area contributed by atoms with Gasteiger partial charge in [0.15, 0.2) is 0 Å². The Bertz CT molecular complexity index is 414. The van der Waals surface area contributed by atoms with E-state index < -0.39 is 5.82 Å². The van der Waals surface area contributed by atoms with E-state index >= 15 is 0 Å². The molecule has 0 bridgehead atoms. The molecule has 1 N–H and O–H groups in total. The number of rotatable bonds is 1. The third-order valence-corrected chi connectivity index (χ3v) is 3.02. The number of nitrogens with zero attached hydrogens (tertiary/aromatic N) is 2. The molecular weight excluding hydrogens is 221 g/mol. The molecule has 92 valence electrons. The Morgan fingerprint density at radius 2 is 2.06 bits per heavy atom. The van der Waals surface area contributed by atoms with Crippen LogP contribution in [-0.4, -0.2) is 41.0 Å². The van der Waals surface area contributed by atoms with Crippen LogP contribution in [0.3, 0.4) is 0 Å². The second kappa shape index (κ2) is 4.79. The van der Waals surface area contributed by atoms with Gasteiger partial charge in [-0.1, -0.05) is 0 Å². The van der Waals surface area contributed by atoms with Crippen LogP contribution in [0, 0.1) is 5.82 Å². The first-order chi connectivity index (χ1) is 8.09. The number of pyridine rings is 1. The van der Waals surface area contributed by atoms with Crippen LogP contribution in [0.2, 0.25) is 0 Å². The van der Waals surface area contributed by atoms with Gasteiger partial charge in [-0.05, 0) is 19.9 Å². The van der Waals surface area contributed by atoms with Gasteiger partial charge in [0.05, 0.1) is 11.8 Å². The van der Waals surface area contributed by atoms with Gasteiger partial charge in [-0.25, -0.2) is 4.39 Å². The maximum Gasteiger partial charge on any atom is 0.256 e. The summed E-state index contributed by atoms with van der Waals surface area (Å²) in [5.41, 5.74) is 0.311. The van der Waals surface area contributed by atoms with Crippen molar-refractivity contribution in [2.75, 3.05) is 13.1 Å². The van der Waals surface area contributed by atoms with Crippen molar-refractivity contribution in [1.29, 1.82) is 0 Å². The number of aromatic nitrogens is 1. The van der Waals surface area contributed by atoms with Crippen LogP contribution < -0.4 is 5.32 Å². The third-order valence-electron chi connectivity index (χ3n) is 3.02. The summed E-state index contributed by atoms with van der Waals surface area (Å²) in [7, 11) is 0. The summed E-state index contributed by atoms with van der Waals surface area (Å²) in [5, 5.41) is 3.25. The lowest BCUT2D eigenvalue weighted by Crippen LogP contribution is -2.57. The van der Waals surface area contributed by atoms with E-state index in [0.29, 0.717) is 5.56 Å². The van der Waals surface area contributed by atoms with E-state index in [0.717, 1.165) is 19.3 Å². The zero-order valence-corrected chi connectivity index (χ0v) is 9.98. The molecule has 0 radical (unpaired) electrons. The number of hydrogen-bond donors (Lipinski definition) is 1. The monoisotopic (exact) mass is 237 g/mol.